The van der Waals surface area contributed by atoms with E-state index in [2.05, 4.69) is 19.9 Å². The van der Waals surface area contributed by atoms with Crippen molar-refractivity contribution in [2.75, 3.05) is 44.2 Å². The van der Waals surface area contributed by atoms with Gasteiger partial charge in [0.25, 0.3) is 11.8 Å². The molecule has 39 heavy (non-hydrogen) atoms. The lowest BCUT2D eigenvalue weighted by atomic mass is 10.1. The second-order valence-corrected chi connectivity index (χ2v) is 10.8. The lowest BCUT2D eigenvalue weighted by Gasteiger charge is -2.35. The van der Waals surface area contributed by atoms with Gasteiger partial charge in [-0.15, -0.1) is 0 Å². The first-order valence-electron chi connectivity index (χ1n) is 13.0. The maximum absolute atomic E-state index is 13.5. The highest BCUT2D eigenvalue weighted by atomic mass is 19.3. The largest absolute Gasteiger partial charge is 0.444 e. The fraction of sp³-hybridized carbons (Fsp3) is 0.481. The molecular formula is C27H31F2N7O3. The van der Waals surface area contributed by atoms with Crippen molar-refractivity contribution in [2.45, 2.75) is 45.1 Å². The van der Waals surface area contributed by atoms with Crippen molar-refractivity contribution in [3.05, 3.63) is 42.4 Å². The van der Waals surface area contributed by atoms with E-state index < -0.39 is 11.5 Å². The van der Waals surface area contributed by atoms with Crippen molar-refractivity contribution in [3.8, 4) is 11.3 Å². The third-order valence-electron chi connectivity index (χ3n) is 6.72. The van der Waals surface area contributed by atoms with E-state index in [0.717, 1.165) is 0 Å². The molecule has 0 radical (unpaired) electrons. The zero-order valence-electron chi connectivity index (χ0n) is 22.2. The summed E-state index contributed by atoms with van der Waals surface area (Å²) < 4.78 is 32.4. The molecule has 1 aromatic carbocycles. The molecular weight excluding hydrogens is 508 g/mol. The van der Waals surface area contributed by atoms with E-state index in [9.17, 15) is 18.4 Å². The Morgan fingerprint density at radius 3 is 2.18 bits per heavy atom. The SMILES string of the molecule is CC(C)(C)OC(=O)N1CCN(c2ncc(-c3cnc4ccc(C(=O)N5CCC(F)(F)CC5)cc4n3)cn2)CC1. The molecule has 3 aromatic rings. The van der Waals surface area contributed by atoms with Crippen LogP contribution >= 0.6 is 0 Å². The molecule has 0 spiro atoms. The molecule has 206 valence electrons. The van der Waals surface area contributed by atoms with Crippen LogP contribution in [-0.2, 0) is 4.74 Å². The van der Waals surface area contributed by atoms with E-state index in [0.29, 0.717) is 60.0 Å². The number of halogens is 2. The molecule has 4 heterocycles. The number of carbonyl (C=O) groups is 2. The Labute approximate surface area is 225 Å². The number of piperazine rings is 1. The van der Waals surface area contributed by atoms with E-state index in [1.54, 1.807) is 41.7 Å². The Morgan fingerprint density at radius 2 is 1.54 bits per heavy atom. The van der Waals surface area contributed by atoms with Gasteiger partial charge in [-0.3, -0.25) is 9.78 Å². The minimum Gasteiger partial charge on any atom is -0.444 e. The quantitative estimate of drug-likeness (QED) is 0.492. The van der Waals surface area contributed by atoms with Crippen molar-refractivity contribution in [1.82, 2.24) is 29.7 Å². The molecule has 0 bridgehead atoms. The molecule has 0 N–H and O–H groups in total. The van der Waals surface area contributed by atoms with Crippen molar-refractivity contribution in [3.63, 3.8) is 0 Å². The predicted molar refractivity (Wildman–Crippen MR) is 141 cm³/mol. The Bertz CT molecular complexity index is 1360. The van der Waals surface area contributed by atoms with Crippen LogP contribution in [-0.4, -0.2) is 92.5 Å². The number of rotatable bonds is 3. The van der Waals surface area contributed by atoms with Gasteiger partial charge in [0.15, 0.2) is 0 Å². The minimum atomic E-state index is -2.72. The molecule has 2 aromatic heterocycles. The first-order chi connectivity index (χ1) is 18.5. The van der Waals surface area contributed by atoms with Gasteiger partial charge < -0.3 is 19.4 Å². The Morgan fingerprint density at radius 1 is 0.872 bits per heavy atom. The number of alkyl halides is 2. The molecule has 2 aliphatic heterocycles. The summed E-state index contributed by atoms with van der Waals surface area (Å²) >= 11 is 0. The van der Waals surface area contributed by atoms with Crippen LogP contribution in [0.5, 0.6) is 0 Å². The highest BCUT2D eigenvalue weighted by Gasteiger charge is 2.36. The lowest BCUT2D eigenvalue weighted by Crippen LogP contribution is -2.50. The van der Waals surface area contributed by atoms with Gasteiger partial charge in [0.1, 0.15) is 5.60 Å². The standard InChI is InChI=1S/C27H31F2N7O3/c1-26(2,3)39-25(38)36-12-10-35(11-13-36)24-31-15-19(16-32-24)22-17-30-20-5-4-18(14-21(20)33-22)23(37)34-8-6-27(28,29)7-9-34/h4-5,14-17H,6-13H2,1-3H3. The summed E-state index contributed by atoms with van der Waals surface area (Å²) in [5, 5.41) is 0. The first kappa shape index (κ1) is 26.6. The topological polar surface area (TPSA) is 105 Å². The number of carbonyl (C=O) groups excluding carboxylic acids is 2. The Balaban J connectivity index is 1.25. The van der Waals surface area contributed by atoms with Crippen LogP contribution in [0.4, 0.5) is 19.5 Å². The van der Waals surface area contributed by atoms with Crippen molar-refractivity contribution < 1.29 is 23.1 Å². The first-order valence-corrected chi connectivity index (χ1v) is 13.0. The molecule has 0 atom stereocenters. The van der Waals surface area contributed by atoms with Gasteiger partial charge in [0.2, 0.25) is 5.95 Å². The number of anilines is 1. The number of hydrogen-bond acceptors (Lipinski definition) is 8. The second kappa shape index (κ2) is 10.3. The molecule has 0 unspecified atom stereocenters. The smallest absolute Gasteiger partial charge is 0.410 e. The highest BCUT2D eigenvalue weighted by molar-refractivity contribution is 5.97. The van der Waals surface area contributed by atoms with Crippen LogP contribution in [0.3, 0.4) is 0 Å². The van der Waals surface area contributed by atoms with Crippen LogP contribution in [0, 0.1) is 0 Å². The average Bonchev–Trinajstić information content (AvgIpc) is 2.91. The number of hydrogen-bond donors (Lipinski definition) is 0. The maximum atomic E-state index is 13.5. The van der Waals surface area contributed by atoms with Crippen LogP contribution in [0.1, 0.15) is 44.0 Å². The van der Waals surface area contributed by atoms with Gasteiger partial charge in [0.05, 0.1) is 22.9 Å². The average molecular weight is 540 g/mol. The number of aromatic nitrogens is 4. The number of likely N-dealkylation sites (tertiary alicyclic amines) is 1. The summed E-state index contributed by atoms with van der Waals surface area (Å²) in [6, 6.07) is 4.99. The van der Waals surface area contributed by atoms with Crippen molar-refractivity contribution in [1.29, 1.82) is 0 Å². The number of ether oxygens (including phenoxy) is 1. The number of amides is 2. The molecule has 2 saturated heterocycles. The van der Waals surface area contributed by atoms with Crippen molar-refractivity contribution in [2.24, 2.45) is 0 Å². The van der Waals surface area contributed by atoms with Crippen LogP contribution < -0.4 is 4.90 Å². The predicted octanol–water partition coefficient (Wildman–Crippen LogP) is 4.02. The number of benzene rings is 1. The van der Waals surface area contributed by atoms with E-state index in [1.807, 2.05) is 25.7 Å². The molecule has 0 aliphatic carbocycles. The fourth-order valence-corrected chi connectivity index (χ4v) is 4.54. The van der Waals surface area contributed by atoms with Crippen LogP contribution in [0.25, 0.3) is 22.3 Å². The highest BCUT2D eigenvalue weighted by Crippen LogP contribution is 2.29. The lowest BCUT2D eigenvalue weighted by molar-refractivity contribution is -0.0494. The number of fused-ring (bicyclic) bond motifs is 1. The second-order valence-electron chi connectivity index (χ2n) is 10.8. The van der Waals surface area contributed by atoms with Crippen molar-refractivity contribution >= 4 is 29.0 Å². The van der Waals surface area contributed by atoms with Crippen LogP contribution in [0.15, 0.2) is 36.8 Å². The minimum absolute atomic E-state index is 0.0231. The van der Waals surface area contributed by atoms with E-state index in [4.69, 9.17) is 4.74 Å². The van der Waals surface area contributed by atoms with Crippen LogP contribution in [0.2, 0.25) is 0 Å². The normalized spacial score (nSPS) is 17.8. The molecule has 5 rings (SSSR count). The molecule has 2 amide bonds. The summed E-state index contributed by atoms with van der Waals surface area (Å²) in [6.07, 6.45) is 3.98. The summed E-state index contributed by atoms with van der Waals surface area (Å²) in [6.45, 7) is 7.76. The molecule has 12 heteroatoms. The Hall–Kier alpha value is -3.96. The maximum Gasteiger partial charge on any atom is 0.410 e. The zero-order valence-corrected chi connectivity index (χ0v) is 22.2. The monoisotopic (exact) mass is 539 g/mol. The summed E-state index contributed by atoms with van der Waals surface area (Å²) in [4.78, 5) is 48.4. The molecule has 2 fully saturated rings. The number of nitrogens with zero attached hydrogens (tertiary/aromatic N) is 7. The van der Waals surface area contributed by atoms with Gasteiger partial charge in [-0.05, 0) is 39.0 Å². The zero-order chi connectivity index (χ0) is 27.8. The van der Waals surface area contributed by atoms with Gasteiger partial charge in [0, 0.05) is 75.6 Å². The van der Waals surface area contributed by atoms with Gasteiger partial charge in [-0.1, -0.05) is 0 Å². The van der Waals surface area contributed by atoms with Gasteiger partial charge in [-0.25, -0.2) is 28.5 Å². The summed E-state index contributed by atoms with van der Waals surface area (Å²) in [5.41, 5.74) is 2.19. The van der Waals surface area contributed by atoms with E-state index in [-0.39, 0.29) is 37.9 Å². The molecule has 10 nitrogen and oxygen atoms in total. The van der Waals surface area contributed by atoms with E-state index in [1.165, 1.54) is 4.90 Å². The Kier molecular flexibility index (Phi) is 7.04. The summed E-state index contributed by atoms with van der Waals surface area (Å²) in [7, 11) is 0. The van der Waals surface area contributed by atoms with Gasteiger partial charge >= 0.3 is 6.09 Å². The molecule has 0 saturated carbocycles. The third kappa shape index (κ3) is 6.21. The number of piperidine rings is 1. The van der Waals surface area contributed by atoms with Gasteiger partial charge in [-0.2, -0.15) is 0 Å². The fourth-order valence-electron chi connectivity index (χ4n) is 4.54. The third-order valence-corrected chi connectivity index (χ3v) is 6.72. The molecule has 2 aliphatic rings. The summed E-state index contributed by atoms with van der Waals surface area (Å²) in [5.74, 6) is -2.46. The van der Waals surface area contributed by atoms with E-state index >= 15 is 0 Å².